The van der Waals surface area contributed by atoms with Crippen molar-refractivity contribution in [3.63, 3.8) is 0 Å². The number of hydrogen-bond acceptors (Lipinski definition) is 6. The summed E-state index contributed by atoms with van der Waals surface area (Å²) in [7, 11) is 0. The van der Waals surface area contributed by atoms with E-state index in [-0.39, 0.29) is 31.1 Å². The van der Waals surface area contributed by atoms with Crippen molar-refractivity contribution in [1.29, 1.82) is 0 Å². The molecule has 0 N–H and O–H groups in total. The molecule has 1 unspecified atom stereocenters. The van der Waals surface area contributed by atoms with Crippen LogP contribution in [0, 0.1) is 0 Å². The molecule has 0 spiro atoms. The average Bonchev–Trinajstić information content (AvgIpc) is 3.38. The molecule has 0 amide bonds. The van der Waals surface area contributed by atoms with Crippen LogP contribution in [0.1, 0.15) is 310 Å². The summed E-state index contributed by atoms with van der Waals surface area (Å²) in [6.45, 7) is 6.60. The third-order valence-electron chi connectivity index (χ3n) is 13.4. The zero-order chi connectivity index (χ0) is 52.2. The summed E-state index contributed by atoms with van der Waals surface area (Å²) >= 11 is 0. The molecule has 0 aliphatic carbocycles. The van der Waals surface area contributed by atoms with Crippen molar-refractivity contribution in [2.75, 3.05) is 13.2 Å². The third-order valence-corrected chi connectivity index (χ3v) is 13.4. The van der Waals surface area contributed by atoms with Gasteiger partial charge in [-0.2, -0.15) is 0 Å². The maximum Gasteiger partial charge on any atom is 0.306 e. The molecule has 6 heteroatoms. The van der Waals surface area contributed by atoms with Gasteiger partial charge in [0.2, 0.25) is 0 Å². The second-order valence-corrected chi connectivity index (χ2v) is 20.6. The number of esters is 3. The Balaban J connectivity index is 4.42. The average molecular weight is 1010 g/mol. The van der Waals surface area contributed by atoms with Crippen molar-refractivity contribution in [3.05, 3.63) is 72.9 Å². The van der Waals surface area contributed by atoms with E-state index in [4.69, 9.17) is 14.2 Å². The molecule has 6 nitrogen and oxygen atoms in total. The lowest BCUT2D eigenvalue weighted by Gasteiger charge is -2.18. The molecule has 0 bridgehead atoms. The number of ether oxygens (including phenoxy) is 3. The zero-order valence-corrected chi connectivity index (χ0v) is 47.7. The molecule has 0 rings (SSSR count). The molecule has 0 radical (unpaired) electrons. The number of allylic oxidation sites excluding steroid dienone is 12. The molecule has 0 fully saturated rings. The number of hydrogen-bond donors (Lipinski definition) is 0. The first-order valence-electron chi connectivity index (χ1n) is 30.9. The predicted molar refractivity (Wildman–Crippen MR) is 311 cm³/mol. The van der Waals surface area contributed by atoms with E-state index in [2.05, 4.69) is 93.7 Å². The van der Waals surface area contributed by atoms with Gasteiger partial charge in [-0.15, -0.1) is 0 Å². The summed E-state index contributed by atoms with van der Waals surface area (Å²) < 4.78 is 16.9. The maximum atomic E-state index is 12.9. The van der Waals surface area contributed by atoms with Gasteiger partial charge in [0, 0.05) is 19.3 Å². The minimum absolute atomic E-state index is 0.0843. The highest BCUT2D eigenvalue weighted by Crippen LogP contribution is 2.15. The quantitative estimate of drug-likeness (QED) is 0.0261. The number of carbonyl (C=O) groups is 3. The molecule has 416 valence electrons. The van der Waals surface area contributed by atoms with E-state index in [1.165, 1.54) is 180 Å². The Morgan fingerprint density at radius 1 is 0.278 bits per heavy atom. The summed E-state index contributed by atoms with van der Waals surface area (Å²) in [5, 5.41) is 0. The van der Waals surface area contributed by atoms with Crippen LogP contribution in [0.4, 0.5) is 0 Å². The first-order valence-corrected chi connectivity index (χ1v) is 30.9. The summed E-state index contributed by atoms with van der Waals surface area (Å²) in [5.41, 5.74) is 0. The fourth-order valence-electron chi connectivity index (χ4n) is 8.71. The van der Waals surface area contributed by atoms with Crippen LogP contribution >= 0.6 is 0 Å². The van der Waals surface area contributed by atoms with Gasteiger partial charge in [-0.3, -0.25) is 14.4 Å². The highest BCUT2D eigenvalue weighted by atomic mass is 16.6. The Morgan fingerprint density at radius 2 is 0.500 bits per heavy atom. The molecule has 0 aromatic heterocycles. The topological polar surface area (TPSA) is 78.9 Å². The maximum absolute atomic E-state index is 12.9. The molecular weight excluding hydrogens is 889 g/mol. The first kappa shape index (κ1) is 68.8. The molecule has 1 atom stereocenters. The Labute approximate surface area is 446 Å². The van der Waals surface area contributed by atoms with E-state index < -0.39 is 6.10 Å². The third kappa shape index (κ3) is 57.7. The minimum Gasteiger partial charge on any atom is -0.462 e. The van der Waals surface area contributed by atoms with E-state index >= 15 is 0 Å². The van der Waals surface area contributed by atoms with Crippen molar-refractivity contribution in [2.45, 2.75) is 316 Å². The molecular formula is C66H116O6. The lowest BCUT2D eigenvalue weighted by molar-refractivity contribution is -0.167. The second-order valence-electron chi connectivity index (χ2n) is 20.6. The summed E-state index contributed by atoms with van der Waals surface area (Å²) in [6, 6.07) is 0. The van der Waals surface area contributed by atoms with Crippen LogP contribution in [0.2, 0.25) is 0 Å². The first-order chi connectivity index (χ1) is 35.5. The van der Waals surface area contributed by atoms with Crippen molar-refractivity contribution in [1.82, 2.24) is 0 Å². The normalized spacial score (nSPS) is 12.5. The van der Waals surface area contributed by atoms with Crippen LogP contribution in [-0.4, -0.2) is 37.2 Å². The standard InChI is InChI=1S/C66H116O6/c1-4-7-10-13-16-19-22-25-28-31-33-36-38-41-44-47-50-53-56-59-65(68)71-62-63(61-70-64(67)58-55-52-49-46-43-40-37-34-30-27-24-21-18-15-12-9-6-3)72-66(69)60-57-54-51-48-45-42-39-35-32-29-26-23-20-17-14-11-8-5-2/h16,19-20,23,25,27-30,32-33,36,63H,4-15,17-18,21-22,24,26,31,34-35,37-62H2,1-3H3/b19-16-,23-20-,28-25-,30-27-,32-29-,36-33-. The Bertz CT molecular complexity index is 1340. The molecule has 0 saturated carbocycles. The van der Waals surface area contributed by atoms with Gasteiger partial charge in [0.15, 0.2) is 6.10 Å². The Kier molecular flexibility index (Phi) is 57.8. The molecule has 0 aromatic rings. The minimum atomic E-state index is -0.788. The van der Waals surface area contributed by atoms with Gasteiger partial charge >= 0.3 is 17.9 Å². The van der Waals surface area contributed by atoms with Crippen LogP contribution < -0.4 is 0 Å². The highest BCUT2D eigenvalue weighted by molar-refractivity contribution is 5.71. The van der Waals surface area contributed by atoms with Crippen molar-refractivity contribution in [2.24, 2.45) is 0 Å². The summed E-state index contributed by atoms with van der Waals surface area (Å²) in [5.74, 6) is -0.897. The SMILES string of the molecule is CCCCC/C=C\C/C=C\C/C=C\CCCCCCCCC(=O)OCC(COC(=O)CCCCCCCCC/C=C\CCCCCCCC)OC(=O)CCCCCCCCC/C=C\C/C=C\CCCCCC. The number of carbonyl (C=O) groups excluding carboxylic acids is 3. The van der Waals surface area contributed by atoms with E-state index in [0.29, 0.717) is 19.3 Å². The van der Waals surface area contributed by atoms with Gasteiger partial charge in [0.25, 0.3) is 0 Å². The van der Waals surface area contributed by atoms with Crippen molar-refractivity contribution < 1.29 is 28.6 Å². The zero-order valence-electron chi connectivity index (χ0n) is 47.7. The fraction of sp³-hybridized carbons (Fsp3) is 0.773. The Morgan fingerprint density at radius 3 is 0.833 bits per heavy atom. The van der Waals surface area contributed by atoms with Crippen LogP contribution in [0.3, 0.4) is 0 Å². The number of rotatable bonds is 56. The van der Waals surface area contributed by atoms with Gasteiger partial charge in [0.1, 0.15) is 13.2 Å². The highest BCUT2D eigenvalue weighted by Gasteiger charge is 2.19. The lowest BCUT2D eigenvalue weighted by Crippen LogP contribution is -2.30. The van der Waals surface area contributed by atoms with E-state index in [1.807, 2.05) is 0 Å². The second kappa shape index (κ2) is 60.4. The molecule has 0 saturated heterocycles. The van der Waals surface area contributed by atoms with Crippen LogP contribution in [0.15, 0.2) is 72.9 Å². The summed E-state index contributed by atoms with van der Waals surface area (Å²) in [6.07, 6.45) is 77.4. The van der Waals surface area contributed by atoms with Gasteiger partial charge in [-0.25, -0.2) is 0 Å². The molecule has 0 heterocycles. The van der Waals surface area contributed by atoms with Gasteiger partial charge in [0.05, 0.1) is 0 Å². The predicted octanol–water partition coefficient (Wildman–Crippen LogP) is 20.9. The van der Waals surface area contributed by atoms with Crippen molar-refractivity contribution in [3.8, 4) is 0 Å². The van der Waals surface area contributed by atoms with Crippen LogP contribution in [-0.2, 0) is 28.6 Å². The van der Waals surface area contributed by atoms with Crippen molar-refractivity contribution >= 4 is 17.9 Å². The largest absolute Gasteiger partial charge is 0.462 e. The van der Waals surface area contributed by atoms with E-state index in [9.17, 15) is 14.4 Å². The smallest absolute Gasteiger partial charge is 0.306 e. The number of unbranched alkanes of at least 4 members (excludes halogenated alkanes) is 33. The molecule has 0 aliphatic rings. The van der Waals surface area contributed by atoms with Crippen LogP contribution in [0.5, 0.6) is 0 Å². The van der Waals surface area contributed by atoms with Crippen LogP contribution in [0.25, 0.3) is 0 Å². The van der Waals surface area contributed by atoms with Gasteiger partial charge in [-0.05, 0) is 116 Å². The van der Waals surface area contributed by atoms with E-state index in [1.54, 1.807) is 0 Å². The Hall–Kier alpha value is -3.15. The van der Waals surface area contributed by atoms with E-state index in [0.717, 1.165) is 89.9 Å². The molecule has 0 aromatic carbocycles. The molecule has 0 aliphatic heterocycles. The molecule has 72 heavy (non-hydrogen) atoms. The monoisotopic (exact) mass is 1000 g/mol. The van der Waals surface area contributed by atoms with Gasteiger partial charge < -0.3 is 14.2 Å². The fourth-order valence-corrected chi connectivity index (χ4v) is 8.71. The lowest BCUT2D eigenvalue weighted by atomic mass is 10.1. The van der Waals surface area contributed by atoms with Gasteiger partial charge in [-0.1, -0.05) is 248 Å². The summed E-state index contributed by atoms with van der Waals surface area (Å²) in [4.78, 5) is 38.3.